The van der Waals surface area contributed by atoms with E-state index < -0.39 is 11.4 Å². The summed E-state index contributed by atoms with van der Waals surface area (Å²) >= 11 is 1.45. The van der Waals surface area contributed by atoms with Gasteiger partial charge in [-0.3, -0.25) is 14.8 Å². The maximum atomic E-state index is 14.4. The smallest absolute Gasteiger partial charge is 0.275 e. The molecule has 1 amide bonds. The van der Waals surface area contributed by atoms with Gasteiger partial charge in [-0.1, -0.05) is 11.8 Å². The highest BCUT2D eigenvalue weighted by Crippen LogP contribution is 2.37. The van der Waals surface area contributed by atoms with E-state index in [-0.39, 0.29) is 11.5 Å². The summed E-state index contributed by atoms with van der Waals surface area (Å²) in [6.07, 6.45) is 3.50. The summed E-state index contributed by atoms with van der Waals surface area (Å²) in [5.41, 5.74) is 6.68. The van der Waals surface area contributed by atoms with Gasteiger partial charge in [-0.15, -0.1) is 0 Å². The lowest BCUT2D eigenvalue weighted by atomic mass is 9.89. The minimum absolute atomic E-state index is 0.156. The monoisotopic (exact) mass is 389 g/mol. The van der Waals surface area contributed by atoms with Crippen molar-refractivity contribution in [1.82, 2.24) is 9.97 Å². The Morgan fingerprint density at radius 3 is 2.89 bits per heavy atom. The average molecular weight is 389 g/mol. The van der Waals surface area contributed by atoms with Gasteiger partial charge in [-0.2, -0.15) is 0 Å². The molecular formula is C18H20FN5O2S. The van der Waals surface area contributed by atoms with Gasteiger partial charge in [0.25, 0.3) is 5.91 Å². The van der Waals surface area contributed by atoms with Crippen LogP contribution in [0, 0.1) is 5.82 Å². The van der Waals surface area contributed by atoms with Crippen LogP contribution in [-0.2, 0) is 16.9 Å². The van der Waals surface area contributed by atoms with Crippen molar-refractivity contribution in [3.63, 3.8) is 0 Å². The van der Waals surface area contributed by atoms with Gasteiger partial charge in [0.2, 0.25) is 0 Å². The number of hydrogen-bond donors (Lipinski definition) is 2. The fraction of sp³-hybridized carbons (Fsp3) is 0.333. The zero-order valence-electron chi connectivity index (χ0n) is 15.0. The molecule has 3 rings (SSSR count). The van der Waals surface area contributed by atoms with Gasteiger partial charge in [0.15, 0.2) is 5.17 Å². The van der Waals surface area contributed by atoms with E-state index in [1.54, 1.807) is 13.2 Å². The molecule has 2 heterocycles. The Labute approximate surface area is 160 Å². The van der Waals surface area contributed by atoms with Crippen molar-refractivity contribution in [1.29, 1.82) is 0 Å². The van der Waals surface area contributed by atoms with Crippen LogP contribution in [0.5, 0.6) is 0 Å². The summed E-state index contributed by atoms with van der Waals surface area (Å²) in [5.74, 6) is -0.0651. The lowest BCUT2D eigenvalue weighted by Crippen LogP contribution is -2.29. The maximum Gasteiger partial charge on any atom is 0.275 e. The van der Waals surface area contributed by atoms with Gasteiger partial charge < -0.3 is 15.8 Å². The lowest BCUT2D eigenvalue weighted by molar-refractivity contribution is 0.102. The second-order valence-corrected chi connectivity index (χ2v) is 7.41. The van der Waals surface area contributed by atoms with Gasteiger partial charge in [0.05, 0.1) is 30.2 Å². The molecule has 3 N–H and O–H groups in total. The molecular weight excluding hydrogens is 369 g/mol. The van der Waals surface area contributed by atoms with Crippen molar-refractivity contribution in [2.75, 3.05) is 18.2 Å². The topological polar surface area (TPSA) is 102 Å². The van der Waals surface area contributed by atoms with Crippen LogP contribution in [-0.4, -0.2) is 33.9 Å². The summed E-state index contributed by atoms with van der Waals surface area (Å²) in [4.78, 5) is 25.0. The third kappa shape index (κ3) is 4.42. The van der Waals surface area contributed by atoms with Crippen molar-refractivity contribution < 1.29 is 13.9 Å². The molecule has 1 aromatic heterocycles. The maximum absolute atomic E-state index is 14.4. The predicted octanol–water partition coefficient (Wildman–Crippen LogP) is 2.68. The number of nitrogens with zero attached hydrogens (tertiary/aromatic N) is 3. The molecule has 1 aliphatic rings. The van der Waals surface area contributed by atoms with Crippen LogP contribution in [0.1, 0.15) is 35.1 Å². The molecule has 2 aromatic rings. The average Bonchev–Trinajstić information content (AvgIpc) is 2.64. The largest absolute Gasteiger partial charge is 0.379 e. The molecule has 0 unspecified atom stereocenters. The van der Waals surface area contributed by atoms with Gasteiger partial charge in [-0.25, -0.2) is 9.37 Å². The number of carbonyl (C=O) groups excluding carboxylic acids is 1. The van der Waals surface area contributed by atoms with Crippen molar-refractivity contribution in [3.05, 3.63) is 53.4 Å². The number of rotatable bonds is 5. The number of nitrogens with one attached hydrogen (secondary N) is 1. The second-order valence-electron chi connectivity index (χ2n) is 6.30. The number of amides is 1. The van der Waals surface area contributed by atoms with E-state index in [1.165, 1.54) is 36.3 Å². The quantitative estimate of drug-likeness (QED) is 0.815. The predicted molar refractivity (Wildman–Crippen MR) is 103 cm³/mol. The summed E-state index contributed by atoms with van der Waals surface area (Å²) in [6.45, 7) is 2.15. The number of carbonyl (C=O) groups is 1. The Morgan fingerprint density at radius 2 is 2.22 bits per heavy atom. The Balaban J connectivity index is 1.81. The van der Waals surface area contributed by atoms with E-state index in [1.807, 2.05) is 6.92 Å². The fourth-order valence-corrected chi connectivity index (χ4v) is 3.76. The van der Waals surface area contributed by atoms with E-state index >= 15 is 0 Å². The molecule has 9 heteroatoms. The number of benzene rings is 1. The number of aliphatic imine (C=N–C) groups is 1. The third-order valence-electron chi connectivity index (χ3n) is 4.23. The van der Waals surface area contributed by atoms with Crippen LogP contribution in [0.4, 0.5) is 10.1 Å². The Kier molecular flexibility index (Phi) is 5.71. The van der Waals surface area contributed by atoms with Crippen molar-refractivity contribution in [2.45, 2.75) is 25.5 Å². The van der Waals surface area contributed by atoms with Crippen LogP contribution in [0.25, 0.3) is 0 Å². The Bertz CT molecular complexity index is 875. The van der Waals surface area contributed by atoms with E-state index in [4.69, 9.17) is 10.5 Å². The summed E-state index contributed by atoms with van der Waals surface area (Å²) in [5, 5.41) is 3.15. The molecule has 1 aromatic carbocycles. The van der Waals surface area contributed by atoms with Gasteiger partial charge in [0, 0.05) is 24.1 Å². The highest BCUT2D eigenvalue weighted by atomic mass is 32.2. The number of ether oxygens (including phenoxy) is 1. The first-order chi connectivity index (χ1) is 12.9. The first-order valence-corrected chi connectivity index (χ1v) is 9.29. The van der Waals surface area contributed by atoms with Gasteiger partial charge in [0.1, 0.15) is 11.5 Å². The summed E-state index contributed by atoms with van der Waals surface area (Å²) in [6, 6.07) is 4.40. The molecule has 0 fully saturated rings. The van der Waals surface area contributed by atoms with E-state index in [0.29, 0.717) is 35.1 Å². The number of hydrogen-bond acceptors (Lipinski definition) is 7. The number of nitrogens with two attached hydrogens (primary N) is 1. The van der Waals surface area contributed by atoms with Crippen LogP contribution < -0.4 is 11.1 Å². The fourth-order valence-electron chi connectivity index (χ4n) is 2.79. The molecule has 27 heavy (non-hydrogen) atoms. The molecule has 7 nitrogen and oxygen atoms in total. The summed E-state index contributed by atoms with van der Waals surface area (Å²) < 4.78 is 19.4. The third-order valence-corrected chi connectivity index (χ3v) is 5.03. The molecule has 0 spiro atoms. The first-order valence-electron chi connectivity index (χ1n) is 8.30. The van der Waals surface area contributed by atoms with Crippen molar-refractivity contribution in [3.8, 4) is 0 Å². The molecule has 0 aliphatic carbocycles. The standard InChI is InChI=1S/C18H20FN5O2S/c1-18(5-6-27-17(20)24-18)13-7-11(3-4-14(13)19)23-16(25)15-9-21-12(8-22-15)10-26-2/h3-4,7-9H,5-6,10H2,1-2H3,(H2,20,24)(H,23,25)/t18-/m0/s1. The van der Waals surface area contributed by atoms with Gasteiger partial charge >= 0.3 is 0 Å². The number of amidine groups is 1. The van der Waals surface area contributed by atoms with Crippen molar-refractivity contribution >= 4 is 28.5 Å². The normalized spacial score (nSPS) is 19.4. The highest BCUT2D eigenvalue weighted by molar-refractivity contribution is 8.13. The number of halogens is 1. The molecule has 0 bridgehead atoms. The second kappa shape index (κ2) is 8.01. The Morgan fingerprint density at radius 1 is 1.41 bits per heavy atom. The molecule has 0 saturated heterocycles. The minimum atomic E-state index is -0.762. The summed E-state index contributed by atoms with van der Waals surface area (Å²) in [7, 11) is 1.55. The molecule has 142 valence electrons. The number of aromatic nitrogens is 2. The molecule has 1 atom stereocenters. The van der Waals surface area contributed by atoms with E-state index in [9.17, 15) is 9.18 Å². The molecule has 0 saturated carbocycles. The van der Waals surface area contributed by atoms with E-state index in [0.717, 1.165) is 5.75 Å². The number of methoxy groups -OCH3 is 1. The van der Waals surface area contributed by atoms with Gasteiger partial charge in [-0.05, 0) is 31.5 Å². The molecule has 1 aliphatic heterocycles. The minimum Gasteiger partial charge on any atom is -0.379 e. The lowest BCUT2D eigenvalue weighted by Gasteiger charge is -2.30. The van der Waals surface area contributed by atoms with E-state index in [2.05, 4.69) is 20.3 Å². The van der Waals surface area contributed by atoms with Crippen LogP contribution in [0.3, 0.4) is 0 Å². The first kappa shape index (κ1) is 19.2. The highest BCUT2D eigenvalue weighted by Gasteiger charge is 2.32. The number of thioether (sulfide) groups is 1. The zero-order valence-corrected chi connectivity index (χ0v) is 15.8. The zero-order chi connectivity index (χ0) is 19.4. The number of anilines is 1. The van der Waals surface area contributed by atoms with Crippen LogP contribution in [0.2, 0.25) is 0 Å². The Hall–Kier alpha value is -2.52. The van der Waals surface area contributed by atoms with Crippen molar-refractivity contribution in [2.24, 2.45) is 10.7 Å². The SMILES string of the molecule is COCc1cnc(C(=O)Nc2ccc(F)c([C@]3(C)CCSC(N)=N3)c2)cn1. The van der Waals surface area contributed by atoms with Crippen LogP contribution >= 0.6 is 11.8 Å². The van der Waals surface area contributed by atoms with Crippen LogP contribution in [0.15, 0.2) is 35.6 Å². The molecule has 0 radical (unpaired) electrons.